The van der Waals surface area contributed by atoms with E-state index in [1.165, 1.54) is 7.05 Å². The molecule has 3 rings (SSSR count). The van der Waals surface area contributed by atoms with Crippen molar-refractivity contribution in [3.8, 4) is 5.75 Å². The van der Waals surface area contributed by atoms with Crippen LogP contribution in [0.5, 0.6) is 5.75 Å². The zero-order valence-corrected chi connectivity index (χ0v) is 16.4. The summed E-state index contributed by atoms with van der Waals surface area (Å²) >= 11 is 0. The fraction of sp³-hybridized carbons (Fsp3) is 0.190. The lowest BCUT2D eigenvalue weighted by Gasteiger charge is -2.12. The first-order valence-electron chi connectivity index (χ1n) is 9.18. The lowest BCUT2D eigenvalue weighted by atomic mass is 10.0. The second kappa shape index (κ2) is 9.33. The predicted molar refractivity (Wildman–Crippen MR) is 105 cm³/mol. The number of hydrogen-bond donors (Lipinski definition) is 2. The number of hydrazine groups is 1. The molecule has 0 aliphatic carbocycles. The number of rotatable bonds is 6. The molecule has 0 radical (unpaired) electrons. The highest BCUT2D eigenvalue weighted by atomic mass is 19.4. The predicted octanol–water partition coefficient (Wildman–Crippen LogP) is 2.87. The molecule has 0 aliphatic heterocycles. The molecule has 0 saturated heterocycles. The number of amides is 2. The number of para-hydroxylation sites is 1. The molecule has 3 aromatic rings. The van der Waals surface area contributed by atoms with Crippen LogP contribution in [0.15, 0.2) is 60.8 Å². The van der Waals surface area contributed by atoms with Crippen LogP contribution in [0.1, 0.15) is 27.2 Å². The van der Waals surface area contributed by atoms with Gasteiger partial charge in [-0.3, -0.25) is 25.1 Å². The van der Waals surface area contributed by atoms with Crippen molar-refractivity contribution < 1.29 is 27.5 Å². The fourth-order valence-electron chi connectivity index (χ4n) is 2.84. The first kappa shape index (κ1) is 21.9. The average molecular weight is 432 g/mol. The van der Waals surface area contributed by atoms with Crippen LogP contribution in [-0.2, 0) is 24.4 Å². The van der Waals surface area contributed by atoms with Gasteiger partial charge in [-0.25, -0.2) is 0 Å². The van der Waals surface area contributed by atoms with Crippen LogP contribution in [0.25, 0.3) is 0 Å². The number of benzene rings is 2. The minimum atomic E-state index is -4.80. The van der Waals surface area contributed by atoms with Crippen LogP contribution >= 0.6 is 0 Å². The molecular weight excluding hydrogens is 413 g/mol. The number of alkyl halides is 3. The molecule has 1 aromatic heterocycles. The highest BCUT2D eigenvalue weighted by Gasteiger charge is 2.39. The molecule has 0 unspecified atom stereocenters. The minimum Gasteiger partial charge on any atom is -0.483 e. The maximum Gasteiger partial charge on any atom is 0.435 e. The molecule has 0 saturated carbocycles. The highest BCUT2D eigenvalue weighted by Crippen LogP contribution is 2.30. The molecule has 2 aromatic carbocycles. The Hall–Kier alpha value is -3.82. The molecule has 0 fully saturated rings. The summed E-state index contributed by atoms with van der Waals surface area (Å²) in [6.45, 7) is -0.439. The summed E-state index contributed by atoms with van der Waals surface area (Å²) in [7, 11) is 1.26. The van der Waals surface area contributed by atoms with Crippen LogP contribution in [0, 0.1) is 0 Å². The van der Waals surface area contributed by atoms with Gasteiger partial charge in [0.05, 0.1) is 5.56 Å². The Morgan fingerprint density at radius 1 is 1.03 bits per heavy atom. The Kier molecular flexibility index (Phi) is 6.58. The molecule has 0 aliphatic rings. The van der Waals surface area contributed by atoms with Gasteiger partial charge >= 0.3 is 6.18 Å². The SMILES string of the molecule is Cn1cc(C(=O)NNC(=O)COc2ccccc2Cc2ccccc2)c(C(F)(F)F)n1. The van der Waals surface area contributed by atoms with Crippen molar-refractivity contribution in [3.63, 3.8) is 0 Å². The van der Waals surface area contributed by atoms with Gasteiger partial charge in [0.2, 0.25) is 0 Å². The Bertz CT molecular complexity index is 1070. The van der Waals surface area contributed by atoms with E-state index in [1.807, 2.05) is 53.3 Å². The van der Waals surface area contributed by atoms with E-state index < -0.39 is 35.9 Å². The lowest BCUT2D eigenvalue weighted by Crippen LogP contribution is -2.44. The smallest absolute Gasteiger partial charge is 0.435 e. The molecular formula is C21H19F3N4O3. The number of ether oxygens (including phenoxy) is 1. The van der Waals surface area contributed by atoms with Gasteiger partial charge in [-0.1, -0.05) is 48.5 Å². The van der Waals surface area contributed by atoms with Crippen molar-refractivity contribution >= 4 is 11.8 Å². The summed E-state index contributed by atoms with van der Waals surface area (Å²) in [5.41, 5.74) is 3.86. The number of carbonyl (C=O) groups excluding carboxylic acids is 2. The standard InChI is InChI=1S/C21H19F3N4O3/c1-28-12-16(19(27-28)21(22,23)24)20(30)26-25-18(29)13-31-17-10-6-5-9-15(17)11-14-7-3-2-4-8-14/h2-10,12H,11,13H2,1H3,(H,25,29)(H,26,30). The zero-order chi connectivity index (χ0) is 22.4. The number of aryl methyl sites for hydroxylation is 1. The van der Waals surface area contributed by atoms with E-state index in [0.717, 1.165) is 22.0 Å². The molecule has 2 N–H and O–H groups in total. The third-order valence-corrected chi connectivity index (χ3v) is 4.23. The van der Waals surface area contributed by atoms with Crippen molar-refractivity contribution in [1.82, 2.24) is 20.6 Å². The van der Waals surface area contributed by atoms with Crippen LogP contribution in [0.4, 0.5) is 13.2 Å². The molecule has 0 spiro atoms. The Morgan fingerprint density at radius 2 is 1.71 bits per heavy atom. The molecule has 2 amide bonds. The second-order valence-corrected chi connectivity index (χ2v) is 6.62. The molecule has 31 heavy (non-hydrogen) atoms. The van der Waals surface area contributed by atoms with Gasteiger partial charge in [-0.2, -0.15) is 18.3 Å². The van der Waals surface area contributed by atoms with Crippen LogP contribution in [0.3, 0.4) is 0 Å². The first-order valence-corrected chi connectivity index (χ1v) is 9.18. The van der Waals surface area contributed by atoms with E-state index in [0.29, 0.717) is 12.2 Å². The van der Waals surface area contributed by atoms with Crippen molar-refractivity contribution in [2.45, 2.75) is 12.6 Å². The summed E-state index contributed by atoms with van der Waals surface area (Å²) in [6.07, 6.45) is -3.29. The normalized spacial score (nSPS) is 11.1. The van der Waals surface area contributed by atoms with Gasteiger partial charge in [0.15, 0.2) is 12.3 Å². The van der Waals surface area contributed by atoms with Crippen LogP contribution in [0.2, 0.25) is 0 Å². The molecule has 0 bridgehead atoms. The van der Waals surface area contributed by atoms with E-state index in [2.05, 4.69) is 5.10 Å². The number of hydrogen-bond acceptors (Lipinski definition) is 4. The zero-order valence-electron chi connectivity index (χ0n) is 16.4. The van der Waals surface area contributed by atoms with Gasteiger partial charge in [-0.15, -0.1) is 0 Å². The monoisotopic (exact) mass is 432 g/mol. The maximum atomic E-state index is 13.0. The second-order valence-electron chi connectivity index (χ2n) is 6.62. The van der Waals surface area contributed by atoms with E-state index in [-0.39, 0.29) is 0 Å². The van der Waals surface area contributed by atoms with Gasteiger partial charge in [0.1, 0.15) is 5.75 Å². The van der Waals surface area contributed by atoms with Gasteiger partial charge in [0, 0.05) is 19.7 Å². The number of nitrogens with zero attached hydrogens (tertiary/aromatic N) is 2. The Labute approximate surface area is 175 Å². The lowest BCUT2D eigenvalue weighted by molar-refractivity contribution is -0.141. The molecule has 1 heterocycles. The van der Waals surface area contributed by atoms with E-state index in [9.17, 15) is 22.8 Å². The van der Waals surface area contributed by atoms with Crippen molar-refractivity contribution in [1.29, 1.82) is 0 Å². The van der Waals surface area contributed by atoms with Crippen molar-refractivity contribution in [2.75, 3.05) is 6.61 Å². The number of aromatic nitrogens is 2. The van der Waals surface area contributed by atoms with Gasteiger partial charge in [0.25, 0.3) is 11.8 Å². The molecule has 162 valence electrons. The number of carbonyl (C=O) groups is 2. The topological polar surface area (TPSA) is 85.2 Å². The molecule has 10 heteroatoms. The highest BCUT2D eigenvalue weighted by molar-refractivity contribution is 5.96. The quantitative estimate of drug-likeness (QED) is 0.587. The van der Waals surface area contributed by atoms with E-state index in [4.69, 9.17) is 4.74 Å². The minimum absolute atomic E-state index is 0.439. The number of halogens is 3. The van der Waals surface area contributed by atoms with Crippen LogP contribution in [-0.4, -0.2) is 28.2 Å². The summed E-state index contributed by atoms with van der Waals surface area (Å²) in [5, 5.41) is 3.24. The largest absolute Gasteiger partial charge is 0.483 e. The average Bonchev–Trinajstić information content (AvgIpc) is 3.14. The number of nitrogens with one attached hydrogen (secondary N) is 2. The van der Waals surface area contributed by atoms with Crippen molar-refractivity contribution in [2.24, 2.45) is 7.05 Å². The van der Waals surface area contributed by atoms with Crippen LogP contribution < -0.4 is 15.6 Å². The summed E-state index contributed by atoms with van der Waals surface area (Å²) < 4.78 is 45.3. The van der Waals surface area contributed by atoms with Gasteiger partial charge in [-0.05, 0) is 17.2 Å². The summed E-state index contributed by atoms with van der Waals surface area (Å²) in [4.78, 5) is 24.1. The third-order valence-electron chi connectivity index (χ3n) is 4.23. The van der Waals surface area contributed by atoms with Gasteiger partial charge < -0.3 is 4.74 Å². The summed E-state index contributed by atoms with van der Waals surface area (Å²) in [6, 6.07) is 16.8. The third kappa shape index (κ3) is 5.84. The summed E-state index contributed by atoms with van der Waals surface area (Å²) in [5.74, 6) is -1.39. The maximum absolute atomic E-state index is 13.0. The van der Waals surface area contributed by atoms with E-state index >= 15 is 0 Å². The first-order chi connectivity index (χ1) is 14.7. The molecule has 7 nitrogen and oxygen atoms in total. The fourth-order valence-corrected chi connectivity index (χ4v) is 2.84. The van der Waals surface area contributed by atoms with E-state index in [1.54, 1.807) is 12.1 Å². The molecule has 0 atom stereocenters. The Morgan fingerprint density at radius 3 is 2.42 bits per heavy atom. The van der Waals surface area contributed by atoms with Crippen molar-refractivity contribution in [3.05, 3.63) is 83.2 Å². The Balaban J connectivity index is 1.57.